The number of hydrogen-bond acceptors (Lipinski definition) is 7. The van der Waals surface area contributed by atoms with Crippen LogP contribution in [0.3, 0.4) is 0 Å². The van der Waals surface area contributed by atoms with E-state index in [-0.39, 0.29) is 22.0 Å². The number of benzene rings is 2. The number of aromatic hydroxyl groups is 1. The van der Waals surface area contributed by atoms with E-state index < -0.39 is 16.5 Å². The predicted molar refractivity (Wildman–Crippen MR) is 103 cm³/mol. The number of rotatable bonds is 4. The van der Waals surface area contributed by atoms with E-state index >= 15 is 0 Å². The second-order valence-electron chi connectivity index (χ2n) is 5.58. The number of nitrogens with one attached hydrogen (secondary N) is 1. The number of phenolic OH excluding ortho intramolecular Hbond substituents is 1. The third-order valence-corrected chi connectivity index (χ3v) is 4.71. The highest BCUT2D eigenvalue weighted by molar-refractivity contribution is 8.18. The smallest absolute Gasteiger partial charge is 0.322 e. The van der Waals surface area contributed by atoms with Gasteiger partial charge in [-0.25, -0.2) is 4.99 Å². The minimum absolute atomic E-state index is 0.143. The van der Waals surface area contributed by atoms with Gasteiger partial charge < -0.3 is 15.2 Å². The van der Waals surface area contributed by atoms with Gasteiger partial charge in [0.05, 0.1) is 28.2 Å². The van der Waals surface area contributed by atoms with E-state index in [2.05, 4.69) is 10.3 Å². The Morgan fingerprint density at radius 1 is 1.30 bits per heavy atom. The maximum absolute atomic E-state index is 12.2. The second kappa shape index (κ2) is 7.50. The van der Waals surface area contributed by atoms with Gasteiger partial charge in [-0.2, -0.15) is 0 Å². The van der Waals surface area contributed by atoms with Crippen LogP contribution in [0.1, 0.15) is 11.1 Å². The second-order valence-corrected chi connectivity index (χ2v) is 6.61. The number of thioether (sulfide) groups is 1. The third-order valence-electron chi connectivity index (χ3n) is 3.80. The average molecular weight is 385 g/mol. The van der Waals surface area contributed by atoms with Crippen molar-refractivity contribution in [2.75, 3.05) is 7.11 Å². The molecule has 27 heavy (non-hydrogen) atoms. The maximum Gasteiger partial charge on any atom is 0.322 e. The molecule has 1 aliphatic heterocycles. The normalized spacial score (nSPS) is 16.6. The molecule has 0 unspecified atom stereocenters. The number of amidine groups is 1. The standard InChI is InChI=1S/C18H15N3O5S/c1-10-5-3-4-6-12(10)19-18-20-17(23)14(27-18)9-11-7-8-13(22)16(26-2)15(11)21(24)25/h3-9,22H,1-2H3,(H,19,20,23)/b14-9-. The Labute approximate surface area is 158 Å². The van der Waals surface area contributed by atoms with Crippen LogP contribution in [-0.2, 0) is 4.79 Å². The zero-order valence-corrected chi connectivity index (χ0v) is 15.2. The molecular weight excluding hydrogens is 370 g/mol. The minimum Gasteiger partial charge on any atom is -0.504 e. The summed E-state index contributed by atoms with van der Waals surface area (Å²) in [5, 5.41) is 24.2. The van der Waals surface area contributed by atoms with Crippen LogP contribution in [0.5, 0.6) is 11.5 Å². The third kappa shape index (κ3) is 3.77. The van der Waals surface area contributed by atoms with Crippen LogP contribution in [0.25, 0.3) is 6.08 Å². The van der Waals surface area contributed by atoms with Crippen molar-refractivity contribution in [3.63, 3.8) is 0 Å². The monoisotopic (exact) mass is 385 g/mol. The Morgan fingerprint density at radius 2 is 2.04 bits per heavy atom. The molecule has 2 aromatic rings. The molecule has 138 valence electrons. The molecule has 0 bridgehead atoms. The van der Waals surface area contributed by atoms with Crippen molar-refractivity contribution in [3.05, 3.63) is 62.5 Å². The summed E-state index contributed by atoms with van der Waals surface area (Å²) in [6.45, 7) is 1.91. The number of carbonyl (C=O) groups excluding carboxylic acids is 1. The lowest BCUT2D eigenvalue weighted by Gasteiger charge is -2.06. The molecule has 1 amide bonds. The van der Waals surface area contributed by atoms with Crippen LogP contribution >= 0.6 is 11.8 Å². The van der Waals surface area contributed by atoms with Crippen LogP contribution in [0.4, 0.5) is 11.4 Å². The van der Waals surface area contributed by atoms with Gasteiger partial charge in [-0.15, -0.1) is 0 Å². The zero-order chi connectivity index (χ0) is 19.6. The molecule has 1 aliphatic rings. The number of hydrogen-bond donors (Lipinski definition) is 2. The first-order valence-electron chi connectivity index (χ1n) is 7.80. The van der Waals surface area contributed by atoms with Crippen molar-refractivity contribution in [3.8, 4) is 11.5 Å². The van der Waals surface area contributed by atoms with Gasteiger partial charge in [-0.1, -0.05) is 18.2 Å². The highest BCUT2D eigenvalue weighted by atomic mass is 32.2. The van der Waals surface area contributed by atoms with Crippen LogP contribution in [-0.4, -0.2) is 28.2 Å². The lowest BCUT2D eigenvalue weighted by atomic mass is 10.1. The highest BCUT2D eigenvalue weighted by Crippen LogP contribution is 2.40. The van der Waals surface area contributed by atoms with Gasteiger partial charge in [-0.3, -0.25) is 14.9 Å². The number of phenols is 1. The van der Waals surface area contributed by atoms with E-state index in [1.165, 1.54) is 25.3 Å². The molecule has 0 radical (unpaired) electrons. The number of carbonyl (C=O) groups is 1. The largest absolute Gasteiger partial charge is 0.504 e. The number of methoxy groups -OCH3 is 1. The van der Waals surface area contributed by atoms with Crippen molar-refractivity contribution in [1.82, 2.24) is 5.32 Å². The minimum atomic E-state index is -0.662. The Kier molecular flexibility index (Phi) is 5.13. The van der Waals surface area contributed by atoms with E-state index in [1.54, 1.807) is 0 Å². The molecular formula is C18H15N3O5S. The number of nitro groups is 1. The molecule has 2 N–H and O–H groups in total. The van der Waals surface area contributed by atoms with Crippen molar-refractivity contribution < 1.29 is 19.6 Å². The van der Waals surface area contributed by atoms with Crippen molar-refractivity contribution in [2.45, 2.75) is 6.92 Å². The predicted octanol–water partition coefficient (Wildman–Crippen LogP) is 3.51. The van der Waals surface area contributed by atoms with E-state index in [1.807, 2.05) is 31.2 Å². The van der Waals surface area contributed by atoms with Crippen molar-refractivity contribution >= 4 is 40.3 Å². The summed E-state index contributed by atoms with van der Waals surface area (Å²) in [7, 11) is 1.23. The maximum atomic E-state index is 12.2. The SMILES string of the molecule is COc1c(O)ccc(/C=C2\SC(=Nc3ccccc3C)NC2=O)c1[N+](=O)[O-]. The van der Waals surface area contributed by atoms with E-state index in [0.717, 1.165) is 23.0 Å². The summed E-state index contributed by atoms with van der Waals surface area (Å²) >= 11 is 1.08. The lowest BCUT2D eigenvalue weighted by molar-refractivity contribution is -0.386. The van der Waals surface area contributed by atoms with Gasteiger partial charge in [-0.05, 0) is 48.5 Å². The summed E-state index contributed by atoms with van der Waals surface area (Å²) in [5.41, 5.74) is 1.40. The Morgan fingerprint density at radius 3 is 2.70 bits per heavy atom. The summed E-state index contributed by atoms with van der Waals surface area (Å²) in [6.07, 6.45) is 1.38. The summed E-state index contributed by atoms with van der Waals surface area (Å²) < 4.78 is 4.93. The first-order valence-corrected chi connectivity index (χ1v) is 8.62. The molecule has 1 heterocycles. The number of aliphatic imine (C=N–C) groups is 1. The topological polar surface area (TPSA) is 114 Å². The molecule has 1 saturated heterocycles. The Balaban J connectivity index is 1.98. The fourth-order valence-corrected chi connectivity index (χ4v) is 3.33. The zero-order valence-electron chi connectivity index (χ0n) is 14.4. The molecule has 9 heteroatoms. The number of para-hydroxylation sites is 1. The molecule has 0 atom stereocenters. The van der Waals surface area contributed by atoms with E-state index in [9.17, 15) is 20.0 Å². The molecule has 8 nitrogen and oxygen atoms in total. The number of ether oxygens (including phenoxy) is 1. The van der Waals surface area contributed by atoms with Gasteiger partial charge in [0.2, 0.25) is 5.75 Å². The van der Waals surface area contributed by atoms with E-state index in [4.69, 9.17) is 4.74 Å². The highest BCUT2D eigenvalue weighted by Gasteiger charge is 2.28. The molecule has 0 aromatic heterocycles. The quantitative estimate of drug-likeness (QED) is 0.473. The number of aryl methyl sites for hydroxylation is 1. The van der Waals surface area contributed by atoms with Crippen LogP contribution in [0.15, 0.2) is 46.3 Å². The van der Waals surface area contributed by atoms with Crippen LogP contribution in [0, 0.1) is 17.0 Å². The summed E-state index contributed by atoms with van der Waals surface area (Å²) in [4.78, 5) is 27.6. The van der Waals surface area contributed by atoms with Crippen LogP contribution < -0.4 is 10.1 Å². The van der Waals surface area contributed by atoms with Gasteiger partial charge in [0.1, 0.15) is 0 Å². The lowest BCUT2D eigenvalue weighted by Crippen LogP contribution is -2.19. The average Bonchev–Trinajstić information content (AvgIpc) is 2.97. The molecule has 1 fully saturated rings. The first kappa shape index (κ1) is 18.5. The number of amides is 1. The van der Waals surface area contributed by atoms with E-state index in [0.29, 0.717) is 5.17 Å². The molecule has 2 aromatic carbocycles. The molecule has 3 rings (SSSR count). The first-order chi connectivity index (χ1) is 12.9. The molecule has 0 spiro atoms. The van der Waals surface area contributed by atoms with Gasteiger partial charge in [0.25, 0.3) is 5.91 Å². The number of nitrogens with zero attached hydrogens (tertiary/aromatic N) is 2. The van der Waals surface area contributed by atoms with Gasteiger partial charge >= 0.3 is 5.69 Å². The Bertz CT molecular complexity index is 1000. The molecule has 0 aliphatic carbocycles. The summed E-state index contributed by atoms with van der Waals surface area (Å²) in [5.74, 6) is -1.02. The number of nitro benzene ring substituents is 1. The fraction of sp³-hybridized carbons (Fsp3) is 0.111. The van der Waals surface area contributed by atoms with Crippen molar-refractivity contribution in [2.24, 2.45) is 4.99 Å². The Hall–Kier alpha value is -3.33. The van der Waals surface area contributed by atoms with Gasteiger partial charge in [0, 0.05) is 0 Å². The fourth-order valence-electron chi connectivity index (χ4n) is 2.50. The summed E-state index contributed by atoms with van der Waals surface area (Å²) in [6, 6.07) is 10.1. The van der Waals surface area contributed by atoms with Crippen LogP contribution in [0.2, 0.25) is 0 Å². The van der Waals surface area contributed by atoms with Gasteiger partial charge in [0.15, 0.2) is 10.9 Å². The molecule has 0 saturated carbocycles. The van der Waals surface area contributed by atoms with Crippen molar-refractivity contribution in [1.29, 1.82) is 0 Å².